The van der Waals surface area contributed by atoms with Crippen LogP contribution in [0.1, 0.15) is 5.56 Å². The molecule has 0 radical (unpaired) electrons. The average molecular weight is 448 g/mol. The van der Waals surface area contributed by atoms with Crippen LogP contribution >= 0.6 is 11.6 Å². The van der Waals surface area contributed by atoms with Crippen molar-refractivity contribution in [2.45, 2.75) is 17.6 Å². The van der Waals surface area contributed by atoms with Crippen molar-refractivity contribution >= 4 is 39.0 Å². The highest BCUT2D eigenvalue weighted by atomic mass is 35.5. The molecule has 0 aromatic heterocycles. The molecular formula is C18H16ClF2NO6S. The van der Waals surface area contributed by atoms with Gasteiger partial charge in [0.05, 0.1) is 4.90 Å². The molecule has 0 unspecified atom stereocenters. The standard InChI is InChI=1S/C18H16ClF2NO6S/c1-11-8-12(19)2-7-15(11)27-10-17(24)28-9-16(23)22-13-3-5-14(6-4-13)29(25,26)18(20)21/h2-8,18H,9-10H2,1H3,(H,22,23). The number of rotatable bonds is 8. The topological polar surface area (TPSA) is 98.8 Å². The van der Waals surface area contributed by atoms with Crippen molar-refractivity contribution in [1.29, 1.82) is 0 Å². The number of carbonyl (C=O) groups is 2. The van der Waals surface area contributed by atoms with Gasteiger partial charge in [0.1, 0.15) is 5.75 Å². The van der Waals surface area contributed by atoms with Gasteiger partial charge in [-0.2, -0.15) is 8.78 Å². The number of anilines is 1. The molecule has 29 heavy (non-hydrogen) atoms. The van der Waals surface area contributed by atoms with Crippen LogP contribution in [-0.4, -0.2) is 39.3 Å². The van der Waals surface area contributed by atoms with Gasteiger partial charge in [0, 0.05) is 10.7 Å². The van der Waals surface area contributed by atoms with Crippen LogP contribution in [0.15, 0.2) is 47.4 Å². The normalized spacial score (nSPS) is 11.2. The van der Waals surface area contributed by atoms with Crippen molar-refractivity contribution in [3.8, 4) is 5.75 Å². The van der Waals surface area contributed by atoms with E-state index in [1.54, 1.807) is 25.1 Å². The fourth-order valence-corrected chi connectivity index (χ4v) is 3.07. The molecule has 156 valence electrons. The predicted octanol–water partition coefficient (Wildman–Crippen LogP) is 3.21. The van der Waals surface area contributed by atoms with Gasteiger partial charge in [-0.3, -0.25) is 4.79 Å². The quantitative estimate of drug-likeness (QED) is 0.624. The lowest BCUT2D eigenvalue weighted by Gasteiger charge is -2.10. The molecule has 0 aliphatic heterocycles. The molecule has 2 aromatic carbocycles. The lowest BCUT2D eigenvalue weighted by atomic mass is 10.2. The van der Waals surface area contributed by atoms with Gasteiger partial charge in [-0.25, -0.2) is 13.2 Å². The van der Waals surface area contributed by atoms with Crippen molar-refractivity contribution in [2.75, 3.05) is 18.5 Å². The number of carbonyl (C=O) groups excluding carboxylic acids is 2. The van der Waals surface area contributed by atoms with Crippen molar-refractivity contribution in [3.63, 3.8) is 0 Å². The fraction of sp³-hybridized carbons (Fsp3) is 0.222. The summed E-state index contributed by atoms with van der Waals surface area (Å²) in [6, 6.07) is 9.00. The average Bonchev–Trinajstić information content (AvgIpc) is 2.66. The Balaban J connectivity index is 1.81. The Morgan fingerprint density at radius 2 is 1.76 bits per heavy atom. The van der Waals surface area contributed by atoms with Crippen molar-refractivity contribution in [3.05, 3.63) is 53.1 Å². The Morgan fingerprint density at radius 1 is 1.10 bits per heavy atom. The summed E-state index contributed by atoms with van der Waals surface area (Å²) in [7, 11) is -4.72. The molecule has 0 saturated heterocycles. The van der Waals surface area contributed by atoms with E-state index < -0.39 is 45.6 Å². The minimum atomic E-state index is -4.72. The van der Waals surface area contributed by atoms with Crippen molar-refractivity contribution in [1.82, 2.24) is 0 Å². The number of aryl methyl sites for hydroxylation is 1. The van der Waals surface area contributed by atoms with Crippen molar-refractivity contribution in [2.24, 2.45) is 0 Å². The zero-order valence-electron chi connectivity index (χ0n) is 15.0. The highest BCUT2D eigenvalue weighted by Gasteiger charge is 2.26. The predicted molar refractivity (Wildman–Crippen MR) is 101 cm³/mol. The number of esters is 1. The lowest BCUT2D eigenvalue weighted by molar-refractivity contribution is -0.149. The van der Waals surface area contributed by atoms with Gasteiger partial charge in [-0.05, 0) is 55.0 Å². The molecule has 2 aromatic rings. The zero-order chi connectivity index (χ0) is 21.6. The number of sulfone groups is 1. The minimum absolute atomic E-state index is 0.146. The molecule has 0 bridgehead atoms. The van der Waals surface area contributed by atoms with E-state index in [9.17, 15) is 26.8 Å². The van der Waals surface area contributed by atoms with Crippen molar-refractivity contribution < 1.29 is 36.3 Å². The molecular weight excluding hydrogens is 432 g/mol. The Labute approximate surface area is 170 Å². The molecule has 0 saturated carbocycles. The highest BCUT2D eigenvalue weighted by Crippen LogP contribution is 2.22. The van der Waals surface area contributed by atoms with E-state index in [1.165, 1.54) is 0 Å². The number of hydrogen-bond acceptors (Lipinski definition) is 6. The Kier molecular flexibility index (Phi) is 7.52. The Bertz CT molecular complexity index is 996. The van der Waals surface area contributed by atoms with E-state index in [-0.39, 0.29) is 5.69 Å². The van der Waals surface area contributed by atoms with Gasteiger partial charge < -0.3 is 14.8 Å². The molecule has 2 rings (SSSR count). The molecule has 1 amide bonds. The van der Waals surface area contributed by atoms with Crippen LogP contribution in [0.2, 0.25) is 5.02 Å². The summed E-state index contributed by atoms with van der Waals surface area (Å²) in [6.07, 6.45) is 0. The van der Waals surface area contributed by atoms with Gasteiger partial charge in [-0.15, -0.1) is 0 Å². The van der Waals surface area contributed by atoms with Gasteiger partial charge >= 0.3 is 11.7 Å². The molecule has 1 N–H and O–H groups in total. The van der Waals surface area contributed by atoms with Crippen LogP contribution < -0.4 is 10.1 Å². The second-order valence-corrected chi connectivity index (χ2v) is 8.09. The first-order valence-corrected chi connectivity index (χ1v) is 9.98. The van der Waals surface area contributed by atoms with Crippen LogP contribution in [0.3, 0.4) is 0 Å². The summed E-state index contributed by atoms with van der Waals surface area (Å²) in [5.41, 5.74) is 0.868. The molecule has 0 atom stereocenters. The molecule has 0 aliphatic carbocycles. The Morgan fingerprint density at radius 3 is 2.34 bits per heavy atom. The monoisotopic (exact) mass is 447 g/mol. The lowest BCUT2D eigenvalue weighted by Crippen LogP contribution is -2.23. The number of nitrogens with one attached hydrogen (secondary N) is 1. The number of hydrogen-bond donors (Lipinski definition) is 1. The number of amides is 1. The Hall–Kier alpha value is -2.72. The third kappa shape index (κ3) is 6.40. The van der Waals surface area contributed by atoms with E-state index >= 15 is 0 Å². The third-order valence-electron chi connectivity index (χ3n) is 3.55. The van der Waals surface area contributed by atoms with Crippen LogP contribution in [0.4, 0.5) is 14.5 Å². The number of alkyl halides is 2. The maximum Gasteiger partial charge on any atom is 0.344 e. The van der Waals surface area contributed by atoms with Crippen LogP contribution in [-0.2, 0) is 24.2 Å². The summed E-state index contributed by atoms with van der Waals surface area (Å²) in [6.45, 7) is 0.715. The van der Waals surface area contributed by atoms with Crippen LogP contribution in [0.5, 0.6) is 5.75 Å². The van der Waals surface area contributed by atoms with E-state index in [0.29, 0.717) is 10.8 Å². The van der Waals surface area contributed by atoms with Gasteiger partial charge in [0.15, 0.2) is 13.2 Å². The molecule has 0 heterocycles. The molecule has 0 fully saturated rings. The molecule has 0 spiro atoms. The minimum Gasteiger partial charge on any atom is -0.482 e. The van der Waals surface area contributed by atoms with E-state index in [0.717, 1.165) is 29.8 Å². The number of halogens is 3. The van der Waals surface area contributed by atoms with Crippen LogP contribution in [0.25, 0.3) is 0 Å². The second kappa shape index (κ2) is 9.66. The van der Waals surface area contributed by atoms with E-state index in [4.69, 9.17) is 21.1 Å². The second-order valence-electron chi connectivity index (χ2n) is 5.74. The summed E-state index contributed by atoms with van der Waals surface area (Å²) >= 11 is 5.82. The number of ether oxygens (including phenoxy) is 2. The highest BCUT2D eigenvalue weighted by molar-refractivity contribution is 7.91. The van der Waals surface area contributed by atoms with Gasteiger partial charge in [0.2, 0.25) is 9.84 Å². The fourth-order valence-electron chi connectivity index (χ4n) is 2.13. The third-order valence-corrected chi connectivity index (χ3v) is 5.18. The van der Waals surface area contributed by atoms with Gasteiger partial charge in [-0.1, -0.05) is 11.6 Å². The largest absolute Gasteiger partial charge is 0.482 e. The zero-order valence-corrected chi connectivity index (χ0v) is 16.6. The first-order valence-electron chi connectivity index (χ1n) is 8.06. The first-order chi connectivity index (χ1) is 13.6. The summed E-state index contributed by atoms with van der Waals surface area (Å²) in [4.78, 5) is 22.9. The molecule has 7 nitrogen and oxygen atoms in total. The maximum atomic E-state index is 12.5. The molecule has 0 aliphatic rings. The smallest absolute Gasteiger partial charge is 0.344 e. The summed E-state index contributed by atoms with van der Waals surface area (Å²) < 4.78 is 57.7. The summed E-state index contributed by atoms with van der Waals surface area (Å²) in [5, 5.41) is 2.86. The number of benzene rings is 2. The SMILES string of the molecule is Cc1cc(Cl)ccc1OCC(=O)OCC(=O)Nc1ccc(S(=O)(=O)C(F)F)cc1. The first kappa shape index (κ1) is 22.6. The van der Waals surface area contributed by atoms with Crippen LogP contribution in [0, 0.1) is 6.92 Å². The maximum absolute atomic E-state index is 12.5. The van der Waals surface area contributed by atoms with E-state index in [1.807, 2.05) is 0 Å². The van der Waals surface area contributed by atoms with E-state index in [2.05, 4.69) is 5.32 Å². The molecule has 11 heteroatoms. The summed E-state index contributed by atoms with van der Waals surface area (Å²) in [5.74, 6) is -4.59. The van der Waals surface area contributed by atoms with Gasteiger partial charge in [0.25, 0.3) is 5.91 Å².